The fourth-order valence-electron chi connectivity index (χ4n) is 4.65. The number of nitrogens with one attached hydrogen (secondary N) is 1. The van der Waals surface area contributed by atoms with E-state index >= 15 is 0 Å². The molecule has 3 aromatic carbocycles. The Morgan fingerprint density at radius 3 is 2.31 bits per heavy atom. The van der Waals surface area contributed by atoms with Gasteiger partial charge in [0.2, 0.25) is 0 Å². The zero-order valence-electron chi connectivity index (χ0n) is 19.5. The van der Waals surface area contributed by atoms with Gasteiger partial charge in [-0.25, -0.2) is 8.42 Å². The minimum absolute atomic E-state index is 0.102. The first-order chi connectivity index (χ1) is 17.0. The maximum atomic E-state index is 13.4. The van der Waals surface area contributed by atoms with Crippen LogP contribution >= 0.6 is 0 Å². The first-order valence-electron chi connectivity index (χ1n) is 11.9. The second kappa shape index (κ2) is 10.1. The van der Waals surface area contributed by atoms with Gasteiger partial charge in [-0.15, -0.1) is 0 Å². The molecule has 1 saturated heterocycles. The number of carbonyl (C=O) groups excluding carboxylic acids is 1. The molecular formula is C27H29N3O4S. The third kappa shape index (κ3) is 5.04. The van der Waals surface area contributed by atoms with Crippen molar-refractivity contribution in [1.29, 1.82) is 0 Å². The fraction of sp³-hybridized carbons (Fsp3) is 0.296. The van der Waals surface area contributed by atoms with Gasteiger partial charge in [0.15, 0.2) is 6.10 Å². The largest absolute Gasteiger partial charge is 0.476 e. The molecule has 2 aliphatic heterocycles. The van der Waals surface area contributed by atoms with Gasteiger partial charge in [-0.05, 0) is 61.3 Å². The molecule has 0 aromatic heterocycles. The summed E-state index contributed by atoms with van der Waals surface area (Å²) < 4.78 is 34.1. The number of ether oxygens (including phenoxy) is 1. The molecule has 3 aromatic rings. The quantitative estimate of drug-likeness (QED) is 0.547. The third-order valence-electron chi connectivity index (χ3n) is 6.52. The summed E-state index contributed by atoms with van der Waals surface area (Å²) in [6, 6.07) is 23.3. The average Bonchev–Trinajstić information content (AvgIpc) is 3.41. The lowest BCUT2D eigenvalue weighted by atomic mass is 10.1. The number of amides is 1. The second-order valence-corrected chi connectivity index (χ2v) is 10.8. The summed E-state index contributed by atoms with van der Waals surface area (Å²) in [6.07, 6.45) is 1.48. The molecule has 1 unspecified atom stereocenters. The second-order valence-electron chi connectivity index (χ2n) is 8.89. The number of rotatable bonds is 7. The van der Waals surface area contributed by atoms with Crippen molar-refractivity contribution in [3.8, 4) is 5.75 Å². The molecule has 2 aliphatic rings. The van der Waals surface area contributed by atoms with E-state index < -0.39 is 16.1 Å². The van der Waals surface area contributed by atoms with E-state index in [0.29, 0.717) is 18.0 Å². The van der Waals surface area contributed by atoms with Gasteiger partial charge in [-0.2, -0.15) is 0 Å². The molecule has 2 heterocycles. The normalized spacial score (nSPS) is 18.1. The lowest BCUT2D eigenvalue weighted by molar-refractivity contribution is -0.127. The van der Waals surface area contributed by atoms with E-state index in [9.17, 15) is 13.2 Å². The van der Waals surface area contributed by atoms with E-state index in [-0.39, 0.29) is 17.3 Å². The molecule has 8 heteroatoms. The molecular weight excluding hydrogens is 462 g/mol. The number of sulfonamides is 1. The summed E-state index contributed by atoms with van der Waals surface area (Å²) in [7, 11) is -3.86. The highest BCUT2D eigenvalue weighted by molar-refractivity contribution is 7.92. The van der Waals surface area contributed by atoms with Crippen LogP contribution in [0.5, 0.6) is 5.75 Å². The van der Waals surface area contributed by atoms with Crippen LogP contribution in [0, 0.1) is 0 Å². The first-order valence-corrected chi connectivity index (χ1v) is 13.4. The van der Waals surface area contributed by atoms with Crippen molar-refractivity contribution >= 4 is 21.6 Å². The lowest BCUT2D eigenvalue weighted by Crippen LogP contribution is -2.50. The van der Waals surface area contributed by atoms with E-state index in [4.69, 9.17) is 4.74 Å². The molecule has 1 amide bonds. The number of anilines is 1. The molecule has 0 spiro atoms. The number of benzene rings is 3. The average molecular weight is 492 g/mol. The van der Waals surface area contributed by atoms with Crippen LogP contribution in [0.25, 0.3) is 0 Å². The van der Waals surface area contributed by atoms with Crippen LogP contribution in [0.4, 0.5) is 5.69 Å². The van der Waals surface area contributed by atoms with E-state index in [2.05, 4.69) is 16.3 Å². The summed E-state index contributed by atoms with van der Waals surface area (Å²) in [5.74, 6) is 0.0246. The van der Waals surface area contributed by atoms with E-state index in [1.165, 1.54) is 22.7 Å². The molecule has 0 bridgehead atoms. The predicted molar refractivity (Wildman–Crippen MR) is 135 cm³/mol. The van der Waals surface area contributed by atoms with Gasteiger partial charge in [0.25, 0.3) is 15.9 Å². The van der Waals surface area contributed by atoms with Crippen molar-refractivity contribution in [2.75, 3.05) is 23.9 Å². The summed E-state index contributed by atoms with van der Waals surface area (Å²) in [6.45, 7) is 3.32. The number of hydrogen-bond donors (Lipinski definition) is 1. The predicted octanol–water partition coefficient (Wildman–Crippen LogP) is 3.56. The zero-order valence-corrected chi connectivity index (χ0v) is 20.3. The number of carbonyl (C=O) groups is 1. The minimum atomic E-state index is -3.86. The number of hydrogen-bond acceptors (Lipinski definition) is 5. The smallest absolute Gasteiger partial charge is 0.264 e. The Balaban J connectivity index is 1.33. The molecule has 5 rings (SSSR count). The molecule has 1 atom stereocenters. The van der Waals surface area contributed by atoms with Gasteiger partial charge >= 0.3 is 0 Å². The van der Waals surface area contributed by atoms with Crippen molar-refractivity contribution in [2.24, 2.45) is 0 Å². The Kier molecular flexibility index (Phi) is 6.74. The highest BCUT2D eigenvalue weighted by Crippen LogP contribution is 2.36. The van der Waals surface area contributed by atoms with Crippen LogP contribution in [0.1, 0.15) is 24.0 Å². The Hall–Kier alpha value is -3.36. The maximum absolute atomic E-state index is 13.4. The Morgan fingerprint density at radius 1 is 0.886 bits per heavy atom. The molecule has 1 fully saturated rings. The molecule has 35 heavy (non-hydrogen) atoms. The SMILES string of the molecule is O=C(NCc1ccccc1CN1CCCC1)C1CN(S(=O)(=O)c2ccccc2)c2ccccc2O1. The Labute approximate surface area is 206 Å². The number of fused-ring (bicyclic) bond motifs is 1. The van der Waals surface area contributed by atoms with E-state index in [1.807, 2.05) is 18.2 Å². The van der Waals surface area contributed by atoms with Crippen LogP contribution in [0.15, 0.2) is 83.8 Å². The Bertz CT molecular complexity index is 1290. The van der Waals surface area contributed by atoms with Crippen LogP contribution < -0.4 is 14.4 Å². The molecule has 7 nitrogen and oxygen atoms in total. The van der Waals surface area contributed by atoms with Gasteiger partial charge in [0.1, 0.15) is 5.75 Å². The van der Waals surface area contributed by atoms with Gasteiger partial charge in [-0.1, -0.05) is 54.6 Å². The number of nitrogens with zero attached hydrogens (tertiary/aromatic N) is 2. The molecule has 0 radical (unpaired) electrons. The van der Waals surface area contributed by atoms with Crippen molar-refractivity contribution in [1.82, 2.24) is 10.2 Å². The van der Waals surface area contributed by atoms with Crippen LogP contribution in [0.3, 0.4) is 0 Å². The van der Waals surface area contributed by atoms with Crippen molar-refractivity contribution in [2.45, 2.75) is 36.9 Å². The van der Waals surface area contributed by atoms with Gasteiger partial charge in [-0.3, -0.25) is 14.0 Å². The molecule has 182 valence electrons. The highest BCUT2D eigenvalue weighted by Gasteiger charge is 2.37. The fourth-order valence-corrected chi connectivity index (χ4v) is 6.15. The summed E-state index contributed by atoms with van der Waals surface area (Å²) in [5, 5.41) is 2.97. The van der Waals surface area contributed by atoms with E-state index in [0.717, 1.165) is 25.2 Å². The van der Waals surface area contributed by atoms with Crippen LogP contribution in [-0.4, -0.2) is 45.0 Å². The van der Waals surface area contributed by atoms with Crippen LogP contribution in [-0.2, 0) is 27.9 Å². The first kappa shape index (κ1) is 23.4. The van der Waals surface area contributed by atoms with Crippen LogP contribution in [0.2, 0.25) is 0 Å². The minimum Gasteiger partial charge on any atom is -0.476 e. The van der Waals surface area contributed by atoms with Gasteiger partial charge in [0.05, 0.1) is 17.1 Å². The van der Waals surface area contributed by atoms with Crippen molar-refractivity contribution < 1.29 is 17.9 Å². The third-order valence-corrected chi connectivity index (χ3v) is 8.32. The maximum Gasteiger partial charge on any atom is 0.264 e. The topological polar surface area (TPSA) is 79.0 Å². The zero-order chi connectivity index (χ0) is 24.3. The summed E-state index contributed by atoms with van der Waals surface area (Å²) in [5.41, 5.74) is 2.67. The molecule has 1 N–H and O–H groups in total. The summed E-state index contributed by atoms with van der Waals surface area (Å²) >= 11 is 0. The molecule has 0 aliphatic carbocycles. The monoisotopic (exact) mass is 491 g/mol. The van der Waals surface area contributed by atoms with Gasteiger partial charge < -0.3 is 10.1 Å². The van der Waals surface area contributed by atoms with E-state index in [1.54, 1.807) is 54.6 Å². The van der Waals surface area contributed by atoms with Crippen molar-refractivity contribution in [3.05, 3.63) is 90.0 Å². The van der Waals surface area contributed by atoms with Crippen molar-refractivity contribution in [3.63, 3.8) is 0 Å². The van der Waals surface area contributed by atoms with Gasteiger partial charge in [0, 0.05) is 13.1 Å². The standard InChI is InChI=1S/C27H29N3O4S/c31-27(28-18-21-10-4-5-11-22(21)19-29-16-8-9-17-29)26-20-30(24-14-6-7-15-25(24)34-26)35(32,33)23-12-2-1-3-13-23/h1-7,10-15,26H,8-9,16-20H2,(H,28,31). The summed E-state index contributed by atoms with van der Waals surface area (Å²) in [4.78, 5) is 15.8. The Morgan fingerprint density at radius 2 is 1.54 bits per heavy atom. The lowest BCUT2D eigenvalue weighted by Gasteiger charge is -2.34. The number of likely N-dealkylation sites (tertiary alicyclic amines) is 1. The number of para-hydroxylation sites is 2. The molecule has 0 saturated carbocycles. The highest BCUT2D eigenvalue weighted by atomic mass is 32.2.